The zero-order valence-corrected chi connectivity index (χ0v) is 11.1. The Kier molecular flexibility index (Phi) is 3.94. The Morgan fingerprint density at radius 3 is 2.74 bits per heavy atom. The molecule has 1 N–H and O–H groups in total. The molecule has 0 aliphatic carbocycles. The molecule has 1 fully saturated rings. The fourth-order valence-corrected chi connectivity index (χ4v) is 2.65. The molecule has 3 rings (SSSR count). The van der Waals surface area contributed by atoms with Gasteiger partial charge in [-0.15, -0.1) is 0 Å². The second kappa shape index (κ2) is 6.02. The number of hydrogen-bond donors (Lipinski definition) is 1. The molecule has 0 radical (unpaired) electrons. The highest BCUT2D eigenvalue weighted by atomic mass is 16.4. The molecule has 0 bridgehead atoms. The molecule has 19 heavy (non-hydrogen) atoms. The summed E-state index contributed by atoms with van der Waals surface area (Å²) in [6.45, 7) is 2.25. The average molecular weight is 256 g/mol. The molecule has 3 heteroatoms. The molecule has 0 saturated carbocycles. The van der Waals surface area contributed by atoms with Gasteiger partial charge in [0.15, 0.2) is 5.89 Å². The lowest BCUT2D eigenvalue weighted by atomic mass is 9.95. The van der Waals surface area contributed by atoms with Crippen LogP contribution in [0.2, 0.25) is 0 Å². The SMILES string of the molecule is c1ccc(Cc2cnc(CC3CCNCC3)o2)cc1. The lowest BCUT2D eigenvalue weighted by Crippen LogP contribution is -2.28. The van der Waals surface area contributed by atoms with E-state index < -0.39 is 0 Å². The molecule has 0 amide bonds. The Bertz CT molecular complexity index is 500. The number of piperidine rings is 1. The number of rotatable bonds is 4. The van der Waals surface area contributed by atoms with E-state index in [0.29, 0.717) is 0 Å². The molecule has 1 saturated heterocycles. The van der Waals surface area contributed by atoms with Gasteiger partial charge in [0.05, 0.1) is 6.20 Å². The number of benzene rings is 1. The first-order chi connectivity index (χ1) is 9.40. The van der Waals surface area contributed by atoms with Gasteiger partial charge < -0.3 is 9.73 Å². The van der Waals surface area contributed by atoms with Crippen LogP contribution >= 0.6 is 0 Å². The van der Waals surface area contributed by atoms with Crippen LogP contribution in [0, 0.1) is 5.92 Å². The normalized spacial score (nSPS) is 16.6. The van der Waals surface area contributed by atoms with Crippen LogP contribution in [0.3, 0.4) is 0 Å². The zero-order valence-electron chi connectivity index (χ0n) is 11.1. The minimum atomic E-state index is 0.726. The van der Waals surface area contributed by atoms with Gasteiger partial charge in [0.25, 0.3) is 0 Å². The number of nitrogens with one attached hydrogen (secondary N) is 1. The van der Waals surface area contributed by atoms with Crippen LogP contribution in [-0.4, -0.2) is 18.1 Å². The highest BCUT2D eigenvalue weighted by Gasteiger charge is 2.16. The summed E-state index contributed by atoms with van der Waals surface area (Å²) in [5.41, 5.74) is 1.27. The summed E-state index contributed by atoms with van der Waals surface area (Å²) >= 11 is 0. The van der Waals surface area contributed by atoms with Crippen molar-refractivity contribution in [2.45, 2.75) is 25.7 Å². The first kappa shape index (κ1) is 12.4. The van der Waals surface area contributed by atoms with E-state index in [1.54, 1.807) is 0 Å². The van der Waals surface area contributed by atoms with Crippen molar-refractivity contribution in [3.05, 3.63) is 53.7 Å². The molecular weight excluding hydrogens is 236 g/mol. The fourth-order valence-electron chi connectivity index (χ4n) is 2.65. The van der Waals surface area contributed by atoms with Gasteiger partial charge in [0, 0.05) is 12.8 Å². The maximum Gasteiger partial charge on any atom is 0.194 e. The quantitative estimate of drug-likeness (QED) is 0.914. The van der Waals surface area contributed by atoms with E-state index in [1.165, 1.54) is 18.4 Å². The first-order valence-electron chi connectivity index (χ1n) is 7.08. The highest BCUT2D eigenvalue weighted by molar-refractivity contribution is 5.19. The second-order valence-corrected chi connectivity index (χ2v) is 5.28. The second-order valence-electron chi connectivity index (χ2n) is 5.28. The number of oxazole rings is 1. The molecule has 0 unspecified atom stereocenters. The minimum Gasteiger partial charge on any atom is -0.445 e. The van der Waals surface area contributed by atoms with E-state index in [4.69, 9.17) is 4.42 Å². The Balaban J connectivity index is 1.59. The maximum atomic E-state index is 5.86. The molecule has 2 aromatic rings. The number of aromatic nitrogens is 1. The van der Waals surface area contributed by atoms with Gasteiger partial charge >= 0.3 is 0 Å². The van der Waals surface area contributed by atoms with Gasteiger partial charge in [-0.1, -0.05) is 30.3 Å². The van der Waals surface area contributed by atoms with Crippen molar-refractivity contribution >= 4 is 0 Å². The monoisotopic (exact) mass is 256 g/mol. The predicted octanol–water partition coefficient (Wildman–Crippen LogP) is 2.81. The predicted molar refractivity (Wildman–Crippen MR) is 75.0 cm³/mol. The van der Waals surface area contributed by atoms with Gasteiger partial charge in [-0.05, 0) is 37.4 Å². The minimum absolute atomic E-state index is 0.726. The summed E-state index contributed by atoms with van der Waals surface area (Å²) in [6, 6.07) is 10.4. The van der Waals surface area contributed by atoms with E-state index in [1.807, 2.05) is 12.3 Å². The molecule has 1 aliphatic heterocycles. The highest BCUT2D eigenvalue weighted by Crippen LogP contribution is 2.19. The first-order valence-corrected chi connectivity index (χ1v) is 7.08. The Morgan fingerprint density at radius 1 is 1.16 bits per heavy atom. The van der Waals surface area contributed by atoms with Crippen LogP contribution in [0.5, 0.6) is 0 Å². The smallest absolute Gasteiger partial charge is 0.194 e. The molecule has 1 aliphatic rings. The van der Waals surface area contributed by atoms with Crippen molar-refractivity contribution in [2.75, 3.05) is 13.1 Å². The standard InChI is InChI=1S/C16H20N2O/c1-2-4-13(5-3-1)10-15-12-18-16(19-15)11-14-6-8-17-9-7-14/h1-5,12,14,17H,6-11H2. The van der Waals surface area contributed by atoms with E-state index in [9.17, 15) is 0 Å². The van der Waals surface area contributed by atoms with E-state index in [2.05, 4.69) is 34.6 Å². The Hall–Kier alpha value is -1.61. The van der Waals surface area contributed by atoms with Crippen molar-refractivity contribution in [1.82, 2.24) is 10.3 Å². The molecule has 3 nitrogen and oxygen atoms in total. The lowest BCUT2D eigenvalue weighted by Gasteiger charge is -2.20. The summed E-state index contributed by atoms with van der Waals surface area (Å²) < 4.78 is 5.86. The lowest BCUT2D eigenvalue weighted by molar-refractivity contribution is 0.337. The average Bonchev–Trinajstić information content (AvgIpc) is 2.88. The van der Waals surface area contributed by atoms with Crippen LogP contribution < -0.4 is 5.32 Å². The van der Waals surface area contributed by atoms with Gasteiger partial charge in [-0.3, -0.25) is 0 Å². The topological polar surface area (TPSA) is 38.1 Å². The van der Waals surface area contributed by atoms with Crippen molar-refractivity contribution < 1.29 is 4.42 Å². The van der Waals surface area contributed by atoms with Gasteiger partial charge in [0.1, 0.15) is 5.76 Å². The van der Waals surface area contributed by atoms with Crippen molar-refractivity contribution in [3.8, 4) is 0 Å². The van der Waals surface area contributed by atoms with Gasteiger partial charge in [0.2, 0.25) is 0 Å². The van der Waals surface area contributed by atoms with Crippen LogP contribution in [0.25, 0.3) is 0 Å². The third-order valence-corrected chi connectivity index (χ3v) is 3.74. The summed E-state index contributed by atoms with van der Waals surface area (Å²) in [6.07, 6.45) is 6.16. The Morgan fingerprint density at radius 2 is 1.95 bits per heavy atom. The third-order valence-electron chi connectivity index (χ3n) is 3.74. The Labute approximate surface area is 114 Å². The largest absolute Gasteiger partial charge is 0.445 e. The zero-order chi connectivity index (χ0) is 12.9. The van der Waals surface area contributed by atoms with Crippen molar-refractivity contribution in [1.29, 1.82) is 0 Å². The molecule has 0 atom stereocenters. The van der Waals surface area contributed by atoms with E-state index in [-0.39, 0.29) is 0 Å². The maximum absolute atomic E-state index is 5.86. The summed E-state index contributed by atoms with van der Waals surface area (Å²) in [4.78, 5) is 4.42. The molecule has 100 valence electrons. The summed E-state index contributed by atoms with van der Waals surface area (Å²) in [7, 11) is 0. The molecule has 1 aromatic heterocycles. The van der Waals surface area contributed by atoms with E-state index >= 15 is 0 Å². The summed E-state index contributed by atoms with van der Waals surface area (Å²) in [5, 5.41) is 3.39. The van der Waals surface area contributed by atoms with Gasteiger partial charge in [-0.25, -0.2) is 4.98 Å². The van der Waals surface area contributed by atoms with Crippen LogP contribution in [0.1, 0.15) is 30.1 Å². The third kappa shape index (κ3) is 3.44. The van der Waals surface area contributed by atoms with Gasteiger partial charge in [-0.2, -0.15) is 0 Å². The molecule has 1 aromatic carbocycles. The number of nitrogens with zero attached hydrogens (tertiary/aromatic N) is 1. The summed E-state index contributed by atoms with van der Waals surface area (Å²) in [5.74, 6) is 2.59. The van der Waals surface area contributed by atoms with Crippen LogP contribution in [-0.2, 0) is 12.8 Å². The van der Waals surface area contributed by atoms with E-state index in [0.717, 1.165) is 43.5 Å². The van der Waals surface area contributed by atoms with Crippen molar-refractivity contribution in [2.24, 2.45) is 5.92 Å². The molecule has 0 spiro atoms. The number of hydrogen-bond acceptors (Lipinski definition) is 3. The van der Waals surface area contributed by atoms with Crippen LogP contribution in [0.15, 0.2) is 40.9 Å². The molecular formula is C16H20N2O. The van der Waals surface area contributed by atoms with Crippen molar-refractivity contribution in [3.63, 3.8) is 0 Å². The van der Waals surface area contributed by atoms with Crippen LogP contribution in [0.4, 0.5) is 0 Å². The molecule has 2 heterocycles. The fraction of sp³-hybridized carbons (Fsp3) is 0.438.